The zero-order valence-corrected chi connectivity index (χ0v) is 18.8. The lowest BCUT2D eigenvalue weighted by molar-refractivity contribution is 0.0974. The minimum atomic E-state index is -0.425. The number of rotatable bonds is 16. The van der Waals surface area contributed by atoms with Crippen LogP contribution in [0.4, 0.5) is 0 Å². The van der Waals surface area contributed by atoms with Gasteiger partial charge in [-0.1, -0.05) is 77.3 Å². The van der Waals surface area contributed by atoms with E-state index in [2.05, 4.69) is 13.8 Å². The third-order valence-electron chi connectivity index (χ3n) is 5.45. The predicted molar refractivity (Wildman–Crippen MR) is 124 cm³/mol. The molecule has 0 aliphatic carbocycles. The summed E-state index contributed by atoms with van der Waals surface area (Å²) in [4.78, 5) is 0. The van der Waals surface area contributed by atoms with Crippen LogP contribution in [-0.2, 0) is 0 Å². The molecule has 2 N–H and O–H groups in total. The lowest BCUT2D eigenvalue weighted by atomic mass is 10.1. The van der Waals surface area contributed by atoms with E-state index in [-0.39, 0.29) is 0 Å². The molecule has 30 heavy (non-hydrogen) atoms. The molecule has 0 amide bonds. The smallest absolute Gasteiger partial charge is 0.120 e. The SMILES string of the molecule is CCCCCCC(O)COc1ccc2ccc(OCC(O)CCCCCC)cc2c1. The maximum Gasteiger partial charge on any atom is 0.120 e. The molecule has 168 valence electrons. The monoisotopic (exact) mass is 416 g/mol. The fourth-order valence-corrected chi connectivity index (χ4v) is 3.55. The molecule has 0 saturated heterocycles. The van der Waals surface area contributed by atoms with Gasteiger partial charge < -0.3 is 19.7 Å². The van der Waals surface area contributed by atoms with Crippen LogP contribution in [-0.4, -0.2) is 35.6 Å². The van der Waals surface area contributed by atoms with Crippen molar-refractivity contribution < 1.29 is 19.7 Å². The van der Waals surface area contributed by atoms with Crippen LogP contribution >= 0.6 is 0 Å². The molecule has 4 nitrogen and oxygen atoms in total. The Morgan fingerprint density at radius 3 is 1.53 bits per heavy atom. The molecule has 2 unspecified atom stereocenters. The van der Waals surface area contributed by atoms with E-state index in [0.29, 0.717) is 13.2 Å². The van der Waals surface area contributed by atoms with E-state index in [4.69, 9.17) is 9.47 Å². The summed E-state index contributed by atoms with van der Waals surface area (Å²) in [5.74, 6) is 1.51. The fourth-order valence-electron chi connectivity index (χ4n) is 3.55. The van der Waals surface area contributed by atoms with Crippen molar-refractivity contribution in [2.24, 2.45) is 0 Å². The predicted octanol–water partition coefficient (Wildman–Crippen LogP) is 6.26. The molecule has 0 aliphatic rings. The van der Waals surface area contributed by atoms with Crippen LogP contribution in [0.5, 0.6) is 11.5 Å². The maximum atomic E-state index is 10.1. The lowest BCUT2D eigenvalue weighted by Gasteiger charge is -2.14. The van der Waals surface area contributed by atoms with Gasteiger partial charge >= 0.3 is 0 Å². The van der Waals surface area contributed by atoms with Crippen LogP contribution in [0.3, 0.4) is 0 Å². The summed E-state index contributed by atoms with van der Waals surface area (Å²) < 4.78 is 11.6. The van der Waals surface area contributed by atoms with Crippen LogP contribution in [0.15, 0.2) is 36.4 Å². The highest BCUT2D eigenvalue weighted by atomic mass is 16.5. The molecule has 4 heteroatoms. The Bertz CT molecular complexity index is 658. The molecular formula is C26H40O4. The van der Waals surface area contributed by atoms with Crippen molar-refractivity contribution >= 4 is 10.8 Å². The number of aliphatic hydroxyl groups is 2. The van der Waals surface area contributed by atoms with E-state index in [1.165, 1.54) is 38.5 Å². The van der Waals surface area contributed by atoms with E-state index in [9.17, 15) is 10.2 Å². The number of fused-ring (bicyclic) bond motifs is 1. The van der Waals surface area contributed by atoms with Gasteiger partial charge in [-0.2, -0.15) is 0 Å². The first-order valence-electron chi connectivity index (χ1n) is 11.8. The zero-order chi connectivity index (χ0) is 21.6. The highest BCUT2D eigenvalue weighted by Crippen LogP contribution is 2.25. The molecule has 0 spiro atoms. The summed E-state index contributed by atoms with van der Waals surface area (Å²) >= 11 is 0. The Labute approximate surface area is 182 Å². The Morgan fingerprint density at radius 2 is 1.10 bits per heavy atom. The molecule has 0 saturated carbocycles. The quantitative estimate of drug-likeness (QED) is 0.317. The summed E-state index contributed by atoms with van der Waals surface area (Å²) in [5, 5.41) is 22.4. The molecule has 2 rings (SSSR count). The van der Waals surface area contributed by atoms with Gasteiger partial charge in [0, 0.05) is 0 Å². The van der Waals surface area contributed by atoms with Gasteiger partial charge in [-0.05, 0) is 47.9 Å². The van der Waals surface area contributed by atoms with Crippen LogP contribution in [0, 0.1) is 0 Å². The second kappa shape index (κ2) is 14.3. The zero-order valence-electron chi connectivity index (χ0n) is 18.8. The second-order valence-corrected chi connectivity index (χ2v) is 8.30. The van der Waals surface area contributed by atoms with Crippen molar-refractivity contribution in [1.82, 2.24) is 0 Å². The Balaban J connectivity index is 1.82. The molecule has 0 heterocycles. The number of hydrogen-bond acceptors (Lipinski definition) is 4. The molecule has 0 fully saturated rings. The van der Waals surface area contributed by atoms with E-state index >= 15 is 0 Å². The van der Waals surface area contributed by atoms with Crippen LogP contribution < -0.4 is 9.47 Å². The molecule has 0 aromatic heterocycles. The Kier molecular flexibility index (Phi) is 11.6. The largest absolute Gasteiger partial charge is 0.491 e. The van der Waals surface area contributed by atoms with Gasteiger partial charge in [0.2, 0.25) is 0 Å². The van der Waals surface area contributed by atoms with Crippen molar-refractivity contribution in [2.75, 3.05) is 13.2 Å². The summed E-state index contributed by atoms with van der Waals surface area (Å²) in [6.45, 7) is 5.01. The normalized spacial score (nSPS) is 13.3. The average Bonchev–Trinajstić information content (AvgIpc) is 2.76. The van der Waals surface area contributed by atoms with E-state index in [1.54, 1.807) is 0 Å². The molecule has 0 radical (unpaired) electrons. The number of benzene rings is 2. The standard InChI is InChI=1S/C26H40O4/c1-3-5-7-9-11-23(27)19-29-25-15-13-21-14-16-26(18-22(21)17-25)30-20-24(28)12-10-8-6-4-2/h13-18,23-24,27-28H,3-12,19-20H2,1-2H3. The Morgan fingerprint density at radius 1 is 0.633 bits per heavy atom. The maximum absolute atomic E-state index is 10.1. The number of hydrogen-bond donors (Lipinski definition) is 2. The first-order chi connectivity index (χ1) is 14.6. The first kappa shape index (κ1) is 24.5. The lowest BCUT2D eigenvalue weighted by Crippen LogP contribution is -2.17. The van der Waals surface area contributed by atoms with E-state index < -0.39 is 12.2 Å². The van der Waals surface area contributed by atoms with Crippen molar-refractivity contribution in [2.45, 2.75) is 90.3 Å². The van der Waals surface area contributed by atoms with Crippen LogP contribution in [0.25, 0.3) is 10.8 Å². The summed E-state index contributed by atoms with van der Waals surface area (Å²) in [5.41, 5.74) is 0. The first-order valence-corrected chi connectivity index (χ1v) is 11.8. The highest BCUT2D eigenvalue weighted by Gasteiger charge is 2.08. The third-order valence-corrected chi connectivity index (χ3v) is 5.45. The van der Waals surface area contributed by atoms with Gasteiger partial charge in [0.25, 0.3) is 0 Å². The van der Waals surface area contributed by atoms with Crippen LogP contribution in [0.1, 0.15) is 78.1 Å². The minimum Gasteiger partial charge on any atom is -0.491 e. The van der Waals surface area contributed by atoms with Gasteiger partial charge in [-0.15, -0.1) is 0 Å². The summed E-state index contributed by atoms with van der Waals surface area (Å²) in [6, 6.07) is 11.9. The molecular weight excluding hydrogens is 376 g/mol. The molecule has 2 aromatic rings. The van der Waals surface area contributed by atoms with Crippen molar-refractivity contribution in [1.29, 1.82) is 0 Å². The van der Waals surface area contributed by atoms with Gasteiger partial charge in [0.1, 0.15) is 24.7 Å². The van der Waals surface area contributed by atoms with E-state index in [0.717, 1.165) is 48.0 Å². The van der Waals surface area contributed by atoms with Gasteiger partial charge in [0.05, 0.1) is 12.2 Å². The van der Waals surface area contributed by atoms with Gasteiger partial charge in [-0.3, -0.25) is 0 Å². The number of unbranched alkanes of at least 4 members (excludes halogenated alkanes) is 6. The van der Waals surface area contributed by atoms with Crippen molar-refractivity contribution in [3.8, 4) is 11.5 Å². The number of ether oxygens (including phenoxy) is 2. The van der Waals surface area contributed by atoms with Crippen molar-refractivity contribution in [3.05, 3.63) is 36.4 Å². The molecule has 2 atom stereocenters. The molecule has 2 aromatic carbocycles. The third kappa shape index (κ3) is 9.36. The minimum absolute atomic E-state index is 0.318. The summed E-state index contributed by atoms with van der Waals surface area (Å²) in [7, 11) is 0. The summed E-state index contributed by atoms with van der Waals surface area (Å²) in [6.07, 6.45) is 9.98. The Hall–Kier alpha value is -1.78. The van der Waals surface area contributed by atoms with E-state index in [1.807, 2.05) is 36.4 Å². The molecule has 0 aliphatic heterocycles. The second-order valence-electron chi connectivity index (χ2n) is 8.30. The van der Waals surface area contributed by atoms with Gasteiger partial charge in [0.15, 0.2) is 0 Å². The molecule has 0 bridgehead atoms. The fraction of sp³-hybridized carbons (Fsp3) is 0.615. The average molecular weight is 417 g/mol. The highest BCUT2D eigenvalue weighted by molar-refractivity contribution is 5.85. The van der Waals surface area contributed by atoms with Crippen LogP contribution in [0.2, 0.25) is 0 Å². The van der Waals surface area contributed by atoms with Gasteiger partial charge in [-0.25, -0.2) is 0 Å². The van der Waals surface area contributed by atoms with Crippen molar-refractivity contribution in [3.63, 3.8) is 0 Å². The topological polar surface area (TPSA) is 58.9 Å². The number of aliphatic hydroxyl groups excluding tert-OH is 2.